The van der Waals surface area contributed by atoms with E-state index < -0.39 is 0 Å². The van der Waals surface area contributed by atoms with Gasteiger partial charge >= 0.3 is 0 Å². The molecule has 3 rings (SSSR count). The number of hydrogen-bond acceptors (Lipinski definition) is 5. The van der Waals surface area contributed by atoms with Gasteiger partial charge in [-0.05, 0) is 19.1 Å². The van der Waals surface area contributed by atoms with Crippen LogP contribution in [0.25, 0.3) is 0 Å². The van der Waals surface area contributed by atoms with E-state index in [1.54, 1.807) is 34.8 Å². The van der Waals surface area contributed by atoms with E-state index in [0.717, 1.165) is 12.2 Å². The Bertz CT molecular complexity index is 742. The number of methoxy groups -OCH3 is 1. The quantitative estimate of drug-likeness (QED) is 0.678. The summed E-state index contributed by atoms with van der Waals surface area (Å²) in [5.41, 5.74) is 1.73. The summed E-state index contributed by atoms with van der Waals surface area (Å²) in [6, 6.07) is 3.42. The molecule has 1 atom stereocenters. The van der Waals surface area contributed by atoms with Crippen molar-refractivity contribution >= 4 is 11.8 Å². The van der Waals surface area contributed by atoms with E-state index in [1.165, 1.54) is 0 Å². The molecule has 2 N–H and O–H groups in total. The molecule has 0 fully saturated rings. The predicted octanol–water partition coefficient (Wildman–Crippen LogP) is -0.170. The lowest BCUT2D eigenvalue weighted by molar-refractivity contribution is 0.0918. The Morgan fingerprint density at radius 1 is 1.32 bits per heavy atom. The first-order chi connectivity index (χ1) is 12.1. The zero-order valence-electron chi connectivity index (χ0n) is 14.4. The number of rotatable bonds is 7. The van der Waals surface area contributed by atoms with Crippen LogP contribution in [0.2, 0.25) is 0 Å². The van der Waals surface area contributed by atoms with Crippen molar-refractivity contribution in [2.24, 2.45) is 0 Å². The number of carbonyl (C=O) groups excluding carboxylic acids is 2. The number of amides is 2. The van der Waals surface area contributed by atoms with E-state index in [-0.39, 0.29) is 17.9 Å². The van der Waals surface area contributed by atoms with E-state index >= 15 is 0 Å². The van der Waals surface area contributed by atoms with Gasteiger partial charge in [0.1, 0.15) is 11.4 Å². The van der Waals surface area contributed by atoms with Crippen LogP contribution in [0.1, 0.15) is 33.6 Å². The fourth-order valence-electron chi connectivity index (χ4n) is 2.79. The van der Waals surface area contributed by atoms with E-state index in [1.807, 2.05) is 6.92 Å². The highest BCUT2D eigenvalue weighted by Crippen LogP contribution is 2.16. The molecular formula is C16H22N6O3. The van der Waals surface area contributed by atoms with Crippen molar-refractivity contribution in [1.29, 1.82) is 0 Å². The maximum absolute atomic E-state index is 12.2. The number of ether oxygens (including phenoxy) is 1. The van der Waals surface area contributed by atoms with Gasteiger partial charge < -0.3 is 15.4 Å². The SMILES string of the molecule is CCn1ccc(C(=O)NC2Cc3cc(C(=O)NCCOC)nn3C2)n1. The van der Waals surface area contributed by atoms with Gasteiger partial charge in [-0.1, -0.05) is 0 Å². The van der Waals surface area contributed by atoms with Crippen molar-refractivity contribution in [3.05, 3.63) is 35.4 Å². The maximum atomic E-state index is 12.2. The average Bonchev–Trinajstić information content (AvgIpc) is 3.28. The first-order valence-corrected chi connectivity index (χ1v) is 8.29. The van der Waals surface area contributed by atoms with Crippen molar-refractivity contribution in [2.75, 3.05) is 20.3 Å². The third-order valence-corrected chi connectivity index (χ3v) is 4.07. The van der Waals surface area contributed by atoms with Gasteiger partial charge in [0.25, 0.3) is 11.8 Å². The zero-order valence-corrected chi connectivity index (χ0v) is 14.4. The van der Waals surface area contributed by atoms with Crippen LogP contribution in [0.4, 0.5) is 0 Å². The standard InChI is InChI=1S/C16H22N6O3/c1-3-21-6-4-13(19-21)16(24)18-11-8-12-9-14(20-22(12)10-11)15(23)17-5-7-25-2/h4,6,9,11H,3,5,7-8,10H2,1-2H3,(H,17,23)(H,18,24). The van der Waals surface area contributed by atoms with Gasteiger partial charge in [-0.25, -0.2) is 0 Å². The summed E-state index contributed by atoms with van der Waals surface area (Å²) in [4.78, 5) is 24.2. The Hall–Kier alpha value is -2.68. The Morgan fingerprint density at radius 3 is 2.84 bits per heavy atom. The highest BCUT2D eigenvalue weighted by molar-refractivity contribution is 5.93. The summed E-state index contributed by atoms with van der Waals surface area (Å²) in [5, 5.41) is 14.2. The Morgan fingerprint density at radius 2 is 2.16 bits per heavy atom. The van der Waals surface area contributed by atoms with Gasteiger partial charge in [0, 0.05) is 38.5 Å². The van der Waals surface area contributed by atoms with Crippen molar-refractivity contribution in [3.8, 4) is 0 Å². The minimum atomic E-state index is -0.218. The van der Waals surface area contributed by atoms with Crippen LogP contribution in [0.5, 0.6) is 0 Å². The Balaban J connectivity index is 1.54. The molecule has 0 saturated heterocycles. The first-order valence-electron chi connectivity index (χ1n) is 8.29. The number of fused-ring (bicyclic) bond motifs is 1. The average molecular weight is 346 g/mol. The number of hydrogen-bond donors (Lipinski definition) is 2. The molecule has 0 radical (unpaired) electrons. The molecule has 134 valence electrons. The summed E-state index contributed by atoms with van der Waals surface area (Å²) in [5.74, 6) is -0.412. The summed E-state index contributed by atoms with van der Waals surface area (Å²) in [6.07, 6.45) is 2.42. The molecule has 2 amide bonds. The summed E-state index contributed by atoms with van der Waals surface area (Å²) >= 11 is 0. The number of aryl methyl sites for hydroxylation is 1. The summed E-state index contributed by atoms with van der Waals surface area (Å²) < 4.78 is 8.37. The lowest BCUT2D eigenvalue weighted by Crippen LogP contribution is -2.36. The molecule has 0 bridgehead atoms. The Kier molecular flexibility index (Phi) is 5.13. The van der Waals surface area contributed by atoms with Crippen molar-refractivity contribution in [1.82, 2.24) is 30.2 Å². The minimum Gasteiger partial charge on any atom is -0.383 e. The molecule has 0 spiro atoms. The van der Waals surface area contributed by atoms with Crippen LogP contribution in [-0.2, 0) is 24.2 Å². The molecule has 9 heteroatoms. The summed E-state index contributed by atoms with van der Waals surface area (Å²) in [7, 11) is 1.58. The van der Waals surface area contributed by atoms with Crippen LogP contribution < -0.4 is 10.6 Å². The van der Waals surface area contributed by atoms with Gasteiger partial charge in [-0.2, -0.15) is 10.2 Å². The van der Waals surface area contributed by atoms with Crippen molar-refractivity contribution in [3.63, 3.8) is 0 Å². The normalized spacial score (nSPS) is 15.8. The molecule has 0 aromatic carbocycles. The minimum absolute atomic E-state index is 0.0487. The van der Waals surface area contributed by atoms with E-state index in [9.17, 15) is 9.59 Å². The molecule has 9 nitrogen and oxygen atoms in total. The second-order valence-corrected chi connectivity index (χ2v) is 5.88. The van der Waals surface area contributed by atoms with E-state index in [4.69, 9.17) is 4.74 Å². The molecule has 2 aromatic heterocycles. The second-order valence-electron chi connectivity index (χ2n) is 5.88. The van der Waals surface area contributed by atoms with Gasteiger partial charge in [0.15, 0.2) is 0 Å². The van der Waals surface area contributed by atoms with Crippen molar-refractivity contribution in [2.45, 2.75) is 32.5 Å². The monoisotopic (exact) mass is 346 g/mol. The molecular weight excluding hydrogens is 324 g/mol. The zero-order chi connectivity index (χ0) is 17.8. The van der Waals surface area contributed by atoms with E-state index in [2.05, 4.69) is 20.8 Å². The highest BCUT2D eigenvalue weighted by atomic mass is 16.5. The van der Waals surface area contributed by atoms with Crippen LogP contribution in [0.15, 0.2) is 18.3 Å². The lowest BCUT2D eigenvalue weighted by atomic mass is 10.2. The molecule has 0 aliphatic carbocycles. The second kappa shape index (κ2) is 7.47. The molecule has 25 heavy (non-hydrogen) atoms. The van der Waals surface area contributed by atoms with Crippen LogP contribution in [0.3, 0.4) is 0 Å². The van der Waals surface area contributed by atoms with Gasteiger partial charge in [0.2, 0.25) is 0 Å². The molecule has 2 aromatic rings. The Labute approximate surface area is 145 Å². The predicted molar refractivity (Wildman–Crippen MR) is 89.3 cm³/mol. The summed E-state index contributed by atoms with van der Waals surface area (Å²) in [6.45, 7) is 4.14. The molecule has 3 heterocycles. The molecule has 1 aliphatic heterocycles. The fourth-order valence-corrected chi connectivity index (χ4v) is 2.79. The number of nitrogens with one attached hydrogen (secondary N) is 2. The fraction of sp³-hybridized carbons (Fsp3) is 0.500. The molecule has 1 unspecified atom stereocenters. The largest absolute Gasteiger partial charge is 0.383 e. The van der Waals surface area contributed by atoms with Gasteiger partial charge in [-0.3, -0.25) is 19.0 Å². The maximum Gasteiger partial charge on any atom is 0.272 e. The topological polar surface area (TPSA) is 103 Å². The smallest absolute Gasteiger partial charge is 0.272 e. The third-order valence-electron chi connectivity index (χ3n) is 4.07. The highest BCUT2D eigenvalue weighted by Gasteiger charge is 2.27. The van der Waals surface area contributed by atoms with Crippen LogP contribution in [0, 0.1) is 0 Å². The van der Waals surface area contributed by atoms with E-state index in [0.29, 0.717) is 37.5 Å². The van der Waals surface area contributed by atoms with Crippen molar-refractivity contribution < 1.29 is 14.3 Å². The van der Waals surface area contributed by atoms with Gasteiger partial charge in [0.05, 0.1) is 19.2 Å². The molecule has 0 saturated carbocycles. The van der Waals surface area contributed by atoms with Crippen LogP contribution in [-0.4, -0.2) is 57.7 Å². The van der Waals surface area contributed by atoms with Gasteiger partial charge in [-0.15, -0.1) is 0 Å². The number of aromatic nitrogens is 4. The lowest BCUT2D eigenvalue weighted by Gasteiger charge is -2.10. The number of carbonyl (C=O) groups is 2. The third kappa shape index (κ3) is 3.87. The van der Waals surface area contributed by atoms with Crippen LogP contribution >= 0.6 is 0 Å². The molecule has 1 aliphatic rings. The first kappa shape index (κ1) is 17.2. The number of nitrogens with zero attached hydrogens (tertiary/aromatic N) is 4.